The Morgan fingerprint density at radius 2 is 1.61 bits per heavy atom. The average molecular weight is 440 g/mol. The molecule has 2 aromatic carbocycles. The zero-order valence-corrected chi connectivity index (χ0v) is 19.5. The topological polar surface area (TPSA) is 63.1 Å². The van der Waals surface area contributed by atoms with Gasteiger partial charge in [-0.05, 0) is 94.2 Å². The van der Waals surface area contributed by atoms with Crippen LogP contribution in [0.2, 0.25) is 0 Å². The molecule has 0 radical (unpaired) electrons. The van der Waals surface area contributed by atoms with Gasteiger partial charge in [0.05, 0.1) is 10.3 Å². The maximum Gasteiger partial charge on any atom is 0.216 e. The molecule has 0 amide bonds. The van der Waals surface area contributed by atoms with Crippen molar-refractivity contribution < 1.29 is 8.42 Å². The molecule has 0 aliphatic heterocycles. The molecule has 4 rings (SSSR count). The Hall–Kier alpha value is -2.31. The number of aromatic nitrogens is 1. The van der Waals surface area contributed by atoms with E-state index in [1.54, 1.807) is 20.8 Å². The molecule has 2 N–H and O–H groups in total. The van der Waals surface area contributed by atoms with Crippen molar-refractivity contribution in [2.45, 2.75) is 57.2 Å². The Morgan fingerprint density at radius 3 is 2.29 bits per heavy atom. The molecule has 5 nitrogen and oxygen atoms in total. The quantitative estimate of drug-likeness (QED) is 0.546. The van der Waals surface area contributed by atoms with Crippen molar-refractivity contribution in [3.8, 4) is 5.69 Å². The molecule has 1 aliphatic carbocycles. The molecule has 0 spiro atoms. The third kappa shape index (κ3) is 4.96. The Morgan fingerprint density at radius 1 is 0.935 bits per heavy atom. The highest BCUT2D eigenvalue weighted by molar-refractivity contribution is 7.90. The SMILES string of the molecule is CC(C)(C)S(=O)(=O)NC1CCC(CNc2ccc(-n3ccc4ccccc43)cc2)CC1. The van der Waals surface area contributed by atoms with Gasteiger partial charge in [-0.25, -0.2) is 13.1 Å². The highest BCUT2D eigenvalue weighted by Crippen LogP contribution is 2.27. The van der Waals surface area contributed by atoms with Crippen molar-refractivity contribution in [1.82, 2.24) is 9.29 Å². The van der Waals surface area contributed by atoms with Crippen LogP contribution in [-0.2, 0) is 10.0 Å². The van der Waals surface area contributed by atoms with E-state index in [0.29, 0.717) is 5.92 Å². The van der Waals surface area contributed by atoms with Crippen molar-refractivity contribution in [3.63, 3.8) is 0 Å². The van der Waals surface area contributed by atoms with Gasteiger partial charge < -0.3 is 9.88 Å². The fourth-order valence-corrected chi connectivity index (χ4v) is 5.22. The number of benzene rings is 2. The fraction of sp³-hybridized carbons (Fsp3) is 0.440. The van der Waals surface area contributed by atoms with Crippen LogP contribution in [-0.4, -0.2) is 30.3 Å². The lowest BCUT2D eigenvalue weighted by Crippen LogP contribution is -2.46. The van der Waals surface area contributed by atoms with Gasteiger partial charge >= 0.3 is 0 Å². The Labute approximate surface area is 185 Å². The standard InChI is InChI=1S/C25H33N3O2S/c1-25(2,3)31(29,30)27-22-10-8-19(9-11-22)18-26-21-12-14-23(15-13-21)28-17-16-20-6-4-5-7-24(20)28/h4-7,12-17,19,22,26-27H,8-11,18H2,1-3H3. The van der Waals surface area contributed by atoms with E-state index in [-0.39, 0.29) is 6.04 Å². The number of sulfonamides is 1. The summed E-state index contributed by atoms with van der Waals surface area (Å²) in [5.41, 5.74) is 3.48. The normalized spacial score (nSPS) is 20.1. The van der Waals surface area contributed by atoms with E-state index < -0.39 is 14.8 Å². The molecule has 0 atom stereocenters. The zero-order valence-electron chi connectivity index (χ0n) is 18.6. The van der Waals surface area contributed by atoms with E-state index in [2.05, 4.69) is 75.4 Å². The molecule has 1 saturated carbocycles. The lowest BCUT2D eigenvalue weighted by molar-refractivity contribution is 0.322. The van der Waals surface area contributed by atoms with Crippen LogP contribution < -0.4 is 10.0 Å². The van der Waals surface area contributed by atoms with E-state index in [9.17, 15) is 8.42 Å². The van der Waals surface area contributed by atoms with Crippen LogP contribution in [0.25, 0.3) is 16.6 Å². The van der Waals surface area contributed by atoms with E-state index in [0.717, 1.165) is 43.6 Å². The number of rotatable bonds is 6. The van der Waals surface area contributed by atoms with E-state index in [1.165, 1.54) is 10.9 Å². The molecular formula is C25H33N3O2S. The molecule has 1 aromatic heterocycles. The fourth-order valence-electron chi connectivity index (χ4n) is 4.19. The highest BCUT2D eigenvalue weighted by Gasteiger charge is 2.32. The maximum atomic E-state index is 12.4. The smallest absolute Gasteiger partial charge is 0.216 e. The summed E-state index contributed by atoms with van der Waals surface area (Å²) in [5.74, 6) is 0.573. The van der Waals surface area contributed by atoms with Gasteiger partial charge in [0.15, 0.2) is 0 Å². The van der Waals surface area contributed by atoms with Crippen molar-refractivity contribution in [2.24, 2.45) is 5.92 Å². The van der Waals surface area contributed by atoms with Crippen molar-refractivity contribution in [2.75, 3.05) is 11.9 Å². The Balaban J connectivity index is 1.29. The minimum atomic E-state index is -3.27. The first-order chi connectivity index (χ1) is 14.7. The third-order valence-corrected chi connectivity index (χ3v) is 8.57. The minimum Gasteiger partial charge on any atom is -0.385 e. The molecular weight excluding hydrogens is 406 g/mol. The summed E-state index contributed by atoms with van der Waals surface area (Å²) in [7, 11) is -3.27. The third-order valence-electron chi connectivity index (χ3n) is 6.31. The first-order valence-electron chi connectivity index (χ1n) is 11.2. The maximum absolute atomic E-state index is 12.4. The Bertz CT molecular complexity index is 1120. The summed E-state index contributed by atoms with van der Waals surface area (Å²) in [6, 6.07) is 19.2. The lowest BCUT2D eigenvalue weighted by Gasteiger charge is -2.31. The van der Waals surface area contributed by atoms with E-state index in [4.69, 9.17) is 0 Å². The van der Waals surface area contributed by atoms with Gasteiger partial charge in [0, 0.05) is 30.2 Å². The van der Waals surface area contributed by atoms with Gasteiger partial charge in [-0.2, -0.15) is 0 Å². The van der Waals surface area contributed by atoms with Crippen molar-refractivity contribution in [3.05, 3.63) is 60.8 Å². The van der Waals surface area contributed by atoms with Gasteiger partial charge in [0.2, 0.25) is 10.0 Å². The van der Waals surface area contributed by atoms with Crippen LogP contribution in [0.5, 0.6) is 0 Å². The van der Waals surface area contributed by atoms with E-state index in [1.807, 2.05) is 0 Å². The lowest BCUT2D eigenvalue weighted by atomic mass is 9.86. The molecule has 3 aromatic rings. The molecule has 31 heavy (non-hydrogen) atoms. The highest BCUT2D eigenvalue weighted by atomic mass is 32.2. The first-order valence-corrected chi connectivity index (χ1v) is 12.6. The van der Waals surface area contributed by atoms with Gasteiger partial charge in [-0.3, -0.25) is 0 Å². The van der Waals surface area contributed by atoms with Gasteiger partial charge in [0.25, 0.3) is 0 Å². The summed E-state index contributed by atoms with van der Waals surface area (Å²) in [6.45, 7) is 6.16. The number of fused-ring (bicyclic) bond motifs is 1. The van der Waals surface area contributed by atoms with E-state index >= 15 is 0 Å². The van der Waals surface area contributed by atoms with Crippen LogP contribution in [0, 0.1) is 5.92 Å². The second-order valence-electron chi connectivity index (χ2n) is 9.62. The summed E-state index contributed by atoms with van der Waals surface area (Å²) in [6.07, 6.45) is 6.00. The second kappa shape index (κ2) is 8.67. The van der Waals surface area contributed by atoms with Gasteiger partial charge in [-0.15, -0.1) is 0 Å². The molecule has 166 valence electrons. The summed E-state index contributed by atoms with van der Waals surface area (Å²) < 4.78 is 29.1. The molecule has 1 fully saturated rings. The predicted molar refractivity (Wildman–Crippen MR) is 129 cm³/mol. The number of hydrogen-bond acceptors (Lipinski definition) is 3. The monoisotopic (exact) mass is 439 g/mol. The average Bonchev–Trinajstić information content (AvgIpc) is 3.17. The van der Waals surface area contributed by atoms with Crippen LogP contribution >= 0.6 is 0 Å². The largest absolute Gasteiger partial charge is 0.385 e. The zero-order chi connectivity index (χ0) is 22.1. The molecule has 0 saturated heterocycles. The van der Waals surface area contributed by atoms with Crippen LogP contribution in [0.4, 0.5) is 5.69 Å². The molecule has 0 unspecified atom stereocenters. The molecule has 1 aliphatic rings. The molecule has 0 bridgehead atoms. The molecule has 6 heteroatoms. The van der Waals surface area contributed by atoms with Crippen LogP contribution in [0.1, 0.15) is 46.5 Å². The van der Waals surface area contributed by atoms with Crippen molar-refractivity contribution in [1.29, 1.82) is 0 Å². The predicted octanol–water partition coefficient (Wildman–Crippen LogP) is 5.32. The second-order valence-corrected chi connectivity index (χ2v) is 12.1. The first kappa shape index (κ1) is 21.9. The van der Waals surface area contributed by atoms with Crippen LogP contribution in [0.3, 0.4) is 0 Å². The number of para-hydroxylation sites is 1. The number of nitrogens with one attached hydrogen (secondary N) is 2. The van der Waals surface area contributed by atoms with Gasteiger partial charge in [0.1, 0.15) is 0 Å². The molecule has 1 heterocycles. The summed E-state index contributed by atoms with van der Waals surface area (Å²) >= 11 is 0. The Kier molecular flexibility index (Phi) is 6.13. The summed E-state index contributed by atoms with van der Waals surface area (Å²) in [4.78, 5) is 0. The number of nitrogens with zero attached hydrogens (tertiary/aromatic N) is 1. The minimum absolute atomic E-state index is 0.0659. The number of anilines is 1. The van der Waals surface area contributed by atoms with Gasteiger partial charge in [-0.1, -0.05) is 18.2 Å². The van der Waals surface area contributed by atoms with Crippen molar-refractivity contribution >= 4 is 26.6 Å². The summed E-state index contributed by atoms with van der Waals surface area (Å²) in [5, 5.41) is 4.80. The van der Waals surface area contributed by atoms with Crippen LogP contribution in [0.15, 0.2) is 60.8 Å². The number of hydrogen-bond donors (Lipinski definition) is 2.